The van der Waals surface area contributed by atoms with E-state index in [0.717, 1.165) is 0 Å². The highest BCUT2D eigenvalue weighted by Crippen LogP contribution is 2.31. The number of nitrogens with zero attached hydrogens (tertiary/aromatic N) is 1. The van der Waals surface area contributed by atoms with Crippen LogP contribution in [0, 0.1) is 0 Å². The van der Waals surface area contributed by atoms with Crippen molar-refractivity contribution >= 4 is 49.5 Å². The van der Waals surface area contributed by atoms with Crippen LogP contribution in [0.5, 0.6) is 0 Å². The normalized spacial score (nSPS) is 10.2. The van der Waals surface area contributed by atoms with Gasteiger partial charge in [-0.05, 0) is 35.0 Å². The molecule has 2 amide bonds. The summed E-state index contributed by atoms with van der Waals surface area (Å²) in [4.78, 5) is 24.6. The third-order valence-electron chi connectivity index (χ3n) is 2.56. The SMILES string of the molecule is CCN(CCO)C(=O)Nc1c(Br)cc(Br)cc1C(=O)O. The first-order chi connectivity index (χ1) is 9.40. The van der Waals surface area contributed by atoms with Gasteiger partial charge >= 0.3 is 12.0 Å². The lowest BCUT2D eigenvalue weighted by Gasteiger charge is -2.21. The molecule has 110 valence electrons. The number of hydrogen-bond acceptors (Lipinski definition) is 3. The number of anilines is 1. The lowest BCUT2D eigenvalue weighted by Crippen LogP contribution is -2.37. The number of likely N-dealkylation sites (N-methyl/N-ethyl adjacent to an activating group) is 1. The molecule has 0 radical (unpaired) electrons. The van der Waals surface area contributed by atoms with Crippen LogP contribution in [0.2, 0.25) is 0 Å². The molecule has 0 spiro atoms. The monoisotopic (exact) mass is 408 g/mol. The zero-order chi connectivity index (χ0) is 15.3. The van der Waals surface area contributed by atoms with Crippen molar-refractivity contribution in [2.24, 2.45) is 0 Å². The molecule has 3 N–H and O–H groups in total. The van der Waals surface area contributed by atoms with Crippen molar-refractivity contribution in [3.8, 4) is 0 Å². The summed E-state index contributed by atoms with van der Waals surface area (Å²) in [5, 5.41) is 20.6. The van der Waals surface area contributed by atoms with Gasteiger partial charge in [-0.15, -0.1) is 0 Å². The van der Waals surface area contributed by atoms with Crippen molar-refractivity contribution in [3.05, 3.63) is 26.6 Å². The highest BCUT2D eigenvalue weighted by molar-refractivity contribution is 9.11. The largest absolute Gasteiger partial charge is 0.478 e. The van der Waals surface area contributed by atoms with E-state index in [1.807, 2.05) is 0 Å². The number of carboxylic acid groups (broad SMARTS) is 1. The second-order valence-corrected chi connectivity index (χ2v) is 5.62. The summed E-state index contributed by atoms with van der Waals surface area (Å²) in [6, 6.07) is 2.59. The van der Waals surface area contributed by atoms with Crippen LogP contribution in [-0.2, 0) is 0 Å². The fraction of sp³-hybridized carbons (Fsp3) is 0.333. The molecule has 0 saturated carbocycles. The van der Waals surface area contributed by atoms with Crippen molar-refractivity contribution in [2.75, 3.05) is 25.0 Å². The van der Waals surface area contributed by atoms with Gasteiger partial charge in [-0.1, -0.05) is 15.9 Å². The summed E-state index contributed by atoms with van der Waals surface area (Å²) >= 11 is 6.43. The van der Waals surface area contributed by atoms with Crippen LogP contribution in [0.3, 0.4) is 0 Å². The highest BCUT2D eigenvalue weighted by Gasteiger charge is 2.19. The first-order valence-corrected chi connectivity index (χ1v) is 7.38. The maximum absolute atomic E-state index is 12.0. The highest BCUT2D eigenvalue weighted by atomic mass is 79.9. The first kappa shape index (κ1) is 16.9. The van der Waals surface area contributed by atoms with Crippen LogP contribution in [0.15, 0.2) is 21.1 Å². The Morgan fingerprint density at radius 2 is 2.00 bits per heavy atom. The molecule has 0 unspecified atom stereocenters. The van der Waals surface area contributed by atoms with E-state index in [0.29, 0.717) is 15.5 Å². The average Bonchev–Trinajstić information content (AvgIpc) is 2.38. The minimum Gasteiger partial charge on any atom is -0.478 e. The molecular weight excluding hydrogens is 396 g/mol. The Balaban J connectivity index is 3.08. The molecule has 0 saturated heterocycles. The number of hydrogen-bond donors (Lipinski definition) is 3. The molecule has 6 nitrogen and oxygen atoms in total. The van der Waals surface area contributed by atoms with Gasteiger partial charge in [-0.2, -0.15) is 0 Å². The molecule has 0 aliphatic rings. The maximum atomic E-state index is 12.0. The predicted octanol–water partition coefficient (Wildman–Crippen LogP) is 2.76. The Morgan fingerprint density at radius 1 is 1.35 bits per heavy atom. The number of carbonyl (C=O) groups is 2. The lowest BCUT2D eigenvalue weighted by molar-refractivity contribution is 0.0698. The van der Waals surface area contributed by atoms with Gasteiger partial charge in [0.2, 0.25) is 0 Å². The maximum Gasteiger partial charge on any atom is 0.337 e. The van der Waals surface area contributed by atoms with E-state index in [1.165, 1.54) is 11.0 Å². The Hall–Kier alpha value is -1.12. The van der Waals surface area contributed by atoms with Crippen LogP contribution in [0.1, 0.15) is 17.3 Å². The van der Waals surface area contributed by atoms with Crippen molar-refractivity contribution in [1.82, 2.24) is 4.90 Å². The zero-order valence-electron chi connectivity index (χ0n) is 10.7. The second-order valence-electron chi connectivity index (χ2n) is 3.85. The molecular formula is C12H14Br2N2O4. The van der Waals surface area contributed by atoms with Gasteiger partial charge in [0.25, 0.3) is 0 Å². The molecule has 0 atom stereocenters. The van der Waals surface area contributed by atoms with Gasteiger partial charge in [0.1, 0.15) is 0 Å². The standard InChI is InChI=1S/C12H14Br2N2O4/c1-2-16(3-4-17)12(20)15-10-8(11(18)19)5-7(13)6-9(10)14/h5-6,17H,2-4H2,1H3,(H,15,20)(H,18,19). The summed E-state index contributed by atoms with van der Waals surface area (Å²) in [5.74, 6) is -1.15. The van der Waals surface area contributed by atoms with Crippen molar-refractivity contribution in [2.45, 2.75) is 6.92 Å². The van der Waals surface area contributed by atoms with Crippen molar-refractivity contribution in [3.63, 3.8) is 0 Å². The number of nitrogens with one attached hydrogen (secondary N) is 1. The molecule has 1 rings (SSSR count). The lowest BCUT2D eigenvalue weighted by atomic mass is 10.2. The van der Waals surface area contributed by atoms with Crippen molar-refractivity contribution in [1.29, 1.82) is 0 Å². The summed E-state index contributed by atoms with van der Waals surface area (Å²) < 4.78 is 1.04. The van der Waals surface area contributed by atoms with Crippen LogP contribution in [0.4, 0.5) is 10.5 Å². The van der Waals surface area contributed by atoms with Crippen LogP contribution in [-0.4, -0.2) is 46.8 Å². The number of aliphatic hydroxyl groups is 1. The number of urea groups is 1. The van der Waals surface area contributed by atoms with E-state index in [1.54, 1.807) is 13.0 Å². The molecule has 0 aliphatic heterocycles. The number of carboxylic acids is 1. The number of halogens is 2. The Morgan fingerprint density at radius 3 is 2.50 bits per heavy atom. The molecule has 8 heteroatoms. The molecule has 0 aliphatic carbocycles. The fourth-order valence-corrected chi connectivity index (χ4v) is 2.90. The molecule has 0 heterocycles. The quantitative estimate of drug-likeness (QED) is 0.697. The minimum atomic E-state index is -1.15. The average molecular weight is 410 g/mol. The van der Waals surface area contributed by atoms with Gasteiger partial charge in [0.15, 0.2) is 0 Å². The fourth-order valence-electron chi connectivity index (χ4n) is 1.58. The van der Waals surface area contributed by atoms with Gasteiger partial charge in [-0.3, -0.25) is 0 Å². The number of rotatable bonds is 5. The molecule has 0 aromatic heterocycles. The van der Waals surface area contributed by atoms with E-state index in [-0.39, 0.29) is 24.4 Å². The van der Waals surface area contributed by atoms with E-state index < -0.39 is 12.0 Å². The molecule has 20 heavy (non-hydrogen) atoms. The third kappa shape index (κ3) is 4.19. The van der Waals surface area contributed by atoms with Crippen LogP contribution < -0.4 is 5.32 Å². The van der Waals surface area contributed by atoms with Gasteiger partial charge in [0.05, 0.1) is 17.9 Å². The number of amides is 2. The third-order valence-corrected chi connectivity index (χ3v) is 3.64. The predicted molar refractivity (Wildman–Crippen MR) is 82.2 cm³/mol. The van der Waals surface area contributed by atoms with Crippen molar-refractivity contribution < 1.29 is 19.8 Å². The van der Waals surface area contributed by atoms with Gasteiger partial charge in [-0.25, -0.2) is 9.59 Å². The van der Waals surface area contributed by atoms with E-state index >= 15 is 0 Å². The topological polar surface area (TPSA) is 89.9 Å². The Kier molecular flexibility index (Phi) is 6.44. The number of benzene rings is 1. The molecule has 1 aromatic rings. The molecule has 0 bridgehead atoms. The van der Waals surface area contributed by atoms with E-state index in [4.69, 9.17) is 5.11 Å². The van der Waals surface area contributed by atoms with Gasteiger partial charge < -0.3 is 20.4 Å². The van der Waals surface area contributed by atoms with E-state index in [2.05, 4.69) is 37.2 Å². The number of aliphatic hydroxyl groups excluding tert-OH is 1. The Labute approximate surface area is 133 Å². The second kappa shape index (κ2) is 7.61. The van der Waals surface area contributed by atoms with Crippen LogP contribution in [0.25, 0.3) is 0 Å². The number of aromatic carboxylic acids is 1. The summed E-state index contributed by atoms with van der Waals surface area (Å²) in [5.41, 5.74) is 0.154. The molecule has 1 aromatic carbocycles. The number of carbonyl (C=O) groups excluding carboxylic acids is 1. The minimum absolute atomic E-state index is 0.0281. The summed E-state index contributed by atoms with van der Waals surface area (Å²) in [6.45, 7) is 2.19. The zero-order valence-corrected chi connectivity index (χ0v) is 13.9. The first-order valence-electron chi connectivity index (χ1n) is 5.79. The van der Waals surface area contributed by atoms with E-state index in [9.17, 15) is 14.7 Å². The Bertz CT molecular complexity index is 522. The molecule has 0 fully saturated rings. The summed E-state index contributed by atoms with van der Waals surface area (Å²) in [6.07, 6.45) is 0. The van der Waals surface area contributed by atoms with Gasteiger partial charge in [0, 0.05) is 22.0 Å². The smallest absolute Gasteiger partial charge is 0.337 e. The summed E-state index contributed by atoms with van der Waals surface area (Å²) in [7, 11) is 0. The van der Waals surface area contributed by atoms with Crippen LogP contribution >= 0.6 is 31.9 Å².